The van der Waals surface area contributed by atoms with E-state index in [2.05, 4.69) is 47.0 Å². The second-order valence-corrected chi connectivity index (χ2v) is 6.73. The summed E-state index contributed by atoms with van der Waals surface area (Å²) >= 11 is 3.98. The van der Waals surface area contributed by atoms with E-state index in [0.717, 1.165) is 22.0 Å². The molecule has 1 aromatic heterocycles. The molecule has 0 radical (unpaired) electrons. The molecule has 1 heterocycles. The molecular weight excluding hydrogens is 372 g/mol. The summed E-state index contributed by atoms with van der Waals surface area (Å²) in [6.45, 7) is 2.20. The SMILES string of the molecule is CCCC(NC)c1ccc(-c2ccc(F)cc2I)s1. The molecule has 19 heavy (non-hydrogen) atoms. The molecule has 1 nitrogen and oxygen atoms in total. The van der Waals surface area contributed by atoms with Crippen molar-refractivity contribution in [2.24, 2.45) is 0 Å². The first-order valence-corrected chi connectivity index (χ1v) is 8.27. The molecule has 2 aromatic rings. The van der Waals surface area contributed by atoms with Crippen molar-refractivity contribution in [3.8, 4) is 10.4 Å². The van der Waals surface area contributed by atoms with E-state index in [-0.39, 0.29) is 5.82 Å². The van der Waals surface area contributed by atoms with Gasteiger partial charge in [0.1, 0.15) is 5.82 Å². The van der Waals surface area contributed by atoms with Crippen molar-refractivity contribution < 1.29 is 4.39 Å². The first-order valence-electron chi connectivity index (χ1n) is 6.38. The fourth-order valence-corrected chi connectivity index (χ4v) is 4.23. The van der Waals surface area contributed by atoms with Gasteiger partial charge in [-0.3, -0.25) is 0 Å². The molecule has 1 atom stereocenters. The standard InChI is InChI=1S/C15H17FINS/c1-3-4-13(18-2)15-8-7-14(19-15)11-6-5-10(16)9-12(11)17/h5-9,13,18H,3-4H2,1-2H3. The summed E-state index contributed by atoms with van der Waals surface area (Å²) in [6.07, 6.45) is 2.30. The number of rotatable bonds is 5. The van der Waals surface area contributed by atoms with Gasteiger partial charge in [-0.1, -0.05) is 13.3 Å². The Morgan fingerprint density at radius 2 is 2.11 bits per heavy atom. The number of nitrogens with one attached hydrogen (secondary N) is 1. The van der Waals surface area contributed by atoms with Crippen molar-refractivity contribution in [1.29, 1.82) is 0 Å². The highest BCUT2D eigenvalue weighted by Gasteiger charge is 2.13. The molecule has 4 heteroatoms. The van der Waals surface area contributed by atoms with Crippen LogP contribution in [0.1, 0.15) is 30.7 Å². The first kappa shape index (κ1) is 14.9. The van der Waals surface area contributed by atoms with Gasteiger partial charge in [0.15, 0.2) is 0 Å². The van der Waals surface area contributed by atoms with Gasteiger partial charge in [-0.25, -0.2) is 4.39 Å². The predicted molar refractivity (Wildman–Crippen MR) is 89.1 cm³/mol. The van der Waals surface area contributed by atoms with E-state index in [1.54, 1.807) is 17.4 Å². The quantitative estimate of drug-likeness (QED) is 0.692. The Hall–Kier alpha value is -0.460. The van der Waals surface area contributed by atoms with Crippen LogP contribution in [0.4, 0.5) is 4.39 Å². The van der Waals surface area contributed by atoms with Crippen LogP contribution in [0.3, 0.4) is 0 Å². The normalized spacial score (nSPS) is 12.6. The molecule has 0 fully saturated rings. The largest absolute Gasteiger partial charge is 0.312 e. The van der Waals surface area contributed by atoms with E-state index in [1.165, 1.54) is 15.8 Å². The van der Waals surface area contributed by atoms with Gasteiger partial charge in [-0.2, -0.15) is 0 Å². The van der Waals surface area contributed by atoms with Crippen molar-refractivity contribution in [2.45, 2.75) is 25.8 Å². The highest BCUT2D eigenvalue weighted by molar-refractivity contribution is 14.1. The van der Waals surface area contributed by atoms with Crippen LogP contribution in [0.5, 0.6) is 0 Å². The van der Waals surface area contributed by atoms with E-state index < -0.39 is 0 Å². The highest BCUT2D eigenvalue weighted by Crippen LogP contribution is 2.35. The Kier molecular flexibility index (Phi) is 5.36. The molecule has 1 N–H and O–H groups in total. The van der Waals surface area contributed by atoms with Crippen molar-refractivity contribution >= 4 is 33.9 Å². The van der Waals surface area contributed by atoms with E-state index >= 15 is 0 Å². The zero-order chi connectivity index (χ0) is 13.8. The van der Waals surface area contributed by atoms with Gasteiger partial charge in [0, 0.05) is 24.9 Å². The van der Waals surface area contributed by atoms with Crippen LogP contribution in [-0.4, -0.2) is 7.05 Å². The molecule has 0 aliphatic heterocycles. The third kappa shape index (κ3) is 3.55. The lowest BCUT2D eigenvalue weighted by Crippen LogP contribution is -2.14. The summed E-state index contributed by atoms with van der Waals surface area (Å²) in [5.41, 5.74) is 1.12. The Bertz CT molecular complexity index is 553. The highest BCUT2D eigenvalue weighted by atomic mass is 127. The van der Waals surface area contributed by atoms with Gasteiger partial charge < -0.3 is 5.32 Å². The van der Waals surface area contributed by atoms with Crippen LogP contribution >= 0.6 is 33.9 Å². The number of benzene rings is 1. The molecule has 0 saturated carbocycles. The molecule has 2 rings (SSSR count). The summed E-state index contributed by atoms with van der Waals surface area (Å²) in [7, 11) is 2.00. The minimum absolute atomic E-state index is 0.177. The van der Waals surface area contributed by atoms with E-state index in [1.807, 2.05) is 13.1 Å². The summed E-state index contributed by atoms with van der Waals surface area (Å²) in [5.74, 6) is -0.177. The number of thiophene rings is 1. The van der Waals surface area contributed by atoms with E-state index in [0.29, 0.717) is 6.04 Å². The number of hydrogen-bond donors (Lipinski definition) is 1. The molecule has 0 amide bonds. The van der Waals surface area contributed by atoms with E-state index in [9.17, 15) is 4.39 Å². The van der Waals surface area contributed by atoms with Crippen molar-refractivity contribution in [2.75, 3.05) is 7.05 Å². The van der Waals surface area contributed by atoms with Crippen LogP contribution in [0.15, 0.2) is 30.3 Å². The smallest absolute Gasteiger partial charge is 0.124 e. The van der Waals surface area contributed by atoms with Crippen LogP contribution < -0.4 is 5.32 Å². The van der Waals surface area contributed by atoms with Gasteiger partial charge in [0.25, 0.3) is 0 Å². The third-order valence-electron chi connectivity index (χ3n) is 3.09. The van der Waals surface area contributed by atoms with Crippen molar-refractivity contribution in [1.82, 2.24) is 5.32 Å². The fourth-order valence-electron chi connectivity index (χ4n) is 2.09. The topological polar surface area (TPSA) is 12.0 Å². The van der Waals surface area contributed by atoms with Gasteiger partial charge in [0.05, 0.1) is 0 Å². The maximum atomic E-state index is 13.1. The number of halogens is 2. The molecule has 0 aliphatic carbocycles. The molecule has 102 valence electrons. The van der Waals surface area contributed by atoms with Crippen LogP contribution in [0.25, 0.3) is 10.4 Å². The molecule has 0 spiro atoms. The molecule has 1 aromatic carbocycles. The van der Waals surface area contributed by atoms with E-state index in [4.69, 9.17) is 0 Å². The Morgan fingerprint density at radius 1 is 1.32 bits per heavy atom. The summed E-state index contributed by atoms with van der Waals surface area (Å²) in [6, 6.07) is 9.70. The second kappa shape index (κ2) is 6.81. The van der Waals surface area contributed by atoms with Crippen LogP contribution in [0.2, 0.25) is 0 Å². The Balaban J connectivity index is 2.29. The molecular formula is C15H17FINS. The van der Waals surface area contributed by atoms with Gasteiger partial charge >= 0.3 is 0 Å². The average molecular weight is 389 g/mol. The van der Waals surface area contributed by atoms with Gasteiger partial charge in [0.2, 0.25) is 0 Å². The zero-order valence-electron chi connectivity index (χ0n) is 11.0. The van der Waals surface area contributed by atoms with Crippen LogP contribution in [0, 0.1) is 9.39 Å². The van der Waals surface area contributed by atoms with Crippen molar-refractivity contribution in [3.05, 3.63) is 44.6 Å². The lowest BCUT2D eigenvalue weighted by molar-refractivity contribution is 0.550. The molecule has 1 unspecified atom stereocenters. The maximum absolute atomic E-state index is 13.1. The summed E-state index contributed by atoms with van der Waals surface area (Å²) < 4.78 is 14.1. The zero-order valence-corrected chi connectivity index (χ0v) is 14.0. The maximum Gasteiger partial charge on any atom is 0.124 e. The summed E-state index contributed by atoms with van der Waals surface area (Å²) in [5, 5.41) is 3.36. The number of hydrogen-bond acceptors (Lipinski definition) is 2. The Morgan fingerprint density at radius 3 is 2.74 bits per heavy atom. The minimum atomic E-state index is -0.177. The average Bonchev–Trinajstić information content (AvgIpc) is 2.85. The lowest BCUT2D eigenvalue weighted by atomic mass is 10.1. The van der Waals surface area contributed by atoms with Crippen molar-refractivity contribution in [3.63, 3.8) is 0 Å². The molecule has 0 bridgehead atoms. The van der Waals surface area contributed by atoms with Gasteiger partial charge in [-0.05, 0) is 66.4 Å². The summed E-state index contributed by atoms with van der Waals surface area (Å²) in [4.78, 5) is 2.55. The molecule has 0 saturated heterocycles. The predicted octanol–water partition coefficient (Wildman–Crippen LogP) is 5.22. The third-order valence-corrected chi connectivity index (χ3v) is 5.22. The molecule has 0 aliphatic rings. The first-order chi connectivity index (χ1) is 9.15. The second-order valence-electron chi connectivity index (χ2n) is 4.46. The van der Waals surface area contributed by atoms with Crippen LogP contribution in [-0.2, 0) is 0 Å². The fraction of sp³-hybridized carbons (Fsp3) is 0.333. The lowest BCUT2D eigenvalue weighted by Gasteiger charge is -2.12. The Labute approximate surface area is 131 Å². The monoisotopic (exact) mass is 389 g/mol. The van der Waals surface area contributed by atoms with Gasteiger partial charge in [-0.15, -0.1) is 11.3 Å². The minimum Gasteiger partial charge on any atom is -0.312 e.